The third-order valence-corrected chi connectivity index (χ3v) is 7.06. The second-order valence-corrected chi connectivity index (χ2v) is 9.48. The molecule has 6 heteroatoms. The van der Waals surface area contributed by atoms with Crippen LogP contribution in [0, 0.1) is 11.7 Å². The van der Waals surface area contributed by atoms with Gasteiger partial charge in [-0.2, -0.15) is 0 Å². The Morgan fingerprint density at radius 3 is 2.36 bits per heavy atom. The second kappa shape index (κ2) is 10.9. The summed E-state index contributed by atoms with van der Waals surface area (Å²) >= 11 is 0. The highest BCUT2D eigenvalue weighted by Gasteiger charge is 2.34. The van der Waals surface area contributed by atoms with Crippen LogP contribution in [0.4, 0.5) is 10.1 Å². The number of nitrogens with one attached hydrogen (secondary N) is 1. The molecule has 2 aromatic carbocycles. The van der Waals surface area contributed by atoms with E-state index in [0.29, 0.717) is 17.8 Å². The zero-order valence-electron chi connectivity index (χ0n) is 19.1. The molecule has 33 heavy (non-hydrogen) atoms. The van der Waals surface area contributed by atoms with Crippen LogP contribution < -0.4 is 11.1 Å². The molecular weight excluding hydrogens is 417 g/mol. The fraction of sp³-hybridized carbons (Fsp3) is 0.481. The molecule has 5 nitrogen and oxygen atoms in total. The highest BCUT2D eigenvalue weighted by molar-refractivity contribution is 6.04. The molecule has 0 spiro atoms. The van der Waals surface area contributed by atoms with E-state index in [-0.39, 0.29) is 35.6 Å². The number of hydrogen-bond acceptors (Lipinski definition) is 3. The third-order valence-electron chi connectivity index (χ3n) is 7.06. The first kappa shape index (κ1) is 23.4. The Morgan fingerprint density at radius 1 is 0.939 bits per heavy atom. The molecule has 0 aromatic heterocycles. The Balaban J connectivity index is 1.51. The number of rotatable bonds is 6. The van der Waals surface area contributed by atoms with Crippen LogP contribution in [0.15, 0.2) is 48.5 Å². The average Bonchev–Trinajstić information content (AvgIpc) is 2.84. The van der Waals surface area contributed by atoms with Crippen LogP contribution in [0.5, 0.6) is 0 Å². The lowest BCUT2D eigenvalue weighted by molar-refractivity contribution is -0.141. The summed E-state index contributed by atoms with van der Waals surface area (Å²) in [5.41, 5.74) is 8.51. The minimum atomic E-state index is -0.378. The Morgan fingerprint density at radius 2 is 1.64 bits per heavy atom. The van der Waals surface area contributed by atoms with Gasteiger partial charge in [0, 0.05) is 35.8 Å². The summed E-state index contributed by atoms with van der Waals surface area (Å²) in [5.74, 6) is -0.346. The van der Waals surface area contributed by atoms with Crippen LogP contribution in [0.3, 0.4) is 0 Å². The van der Waals surface area contributed by atoms with Crippen LogP contribution >= 0.6 is 0 Å². The summed E-state index contributed by atoms with van der Waals surface area (Å²) in [7, 11) is 0. The van der Waals surface area contributed by atoms with E-state index in [2.05, 4.69) is 5.32 Å². The maximum atomic E-state index is 13.6. The topological polar surface area (TPSA) is 75.4 Å². The third kappa shape index (κ3) is 5.99. The minimum Gasteiger partial charge on any atom is -0.334 e. The van der Waals surface area contributed by atoms with Gasteiger partial charge in [-0.3, -0.25) is 9.59 Å². The number of amides is 2. The highest BCUT2D eigenvalue weighted by Crippen LogP contribution is 2.30. The number of carbonyl (C=O) groups excluding carboxylic acids is 2. The summed E-state index contributed by atoms with van der Waals surface area (Å²) in [5, 5.41) is 2.88. The number of benzene rings is 2. The van der Waals surface area contributed by atoms with Crippen LogP contribution in [0.25, 0.3) is 0 Å². The predicted molar refractivity (Wildman–Crippen MR) is 128 cm³/mol. The van der Waals surface area contributed by atoms with Crippen molar-refractivity contribution in [3.8, 4) is 0 Å². The molecule has 2 fully saturated rings. The monoisotopic (exact) mass is 451 g/mol. The number of nitrogens with zero attached hydrogens (tertiary/aromatic N) is 1. The maximum absolute atomic E-state index is 13.6. The number of hydrogen-bond donors (Lipinski definition) is 2. The lowest BCUT2D eigenvalue weighted by Crippen LogP contribution is -2.53. The van der Waals surface area contributed by atoms with E-state index in [1.165, 1.54) is 30.7 Å². The van der Waals surface area contributed by atoms with Crippen molar-refractivity contribution in [3.63, 3.8) is 0 Å². The SMILES string of the molecule is NC1CCCCC1N(Cc1cccc(NC(=O)c2ccc(F)cc2)c1)C(=O)C1CCCCC1. The highest BCUT2D eigenvalue weighted by atomic mass is 19.1. The van der Waals surface area contributed by atoms with Crippen molar-refractivity contribution in [2.24, 2.45) is 11.7 Å². The van der Waals surface area contributed by atoms with Crippen molar-refractivity contribution in [2.45, 2.75) is 76.4 Å². The smallest absolute Gasteiger partial charge is 0.255 e. The minimum absolute atomic E-state index is 0.00709. The van der Waals surface area contributed by atoms with Crippen molar-refractivity contribution in [1.82, 2.24) is 4.90 Å². The Labute approximate surface area is 195 Å². The summed E-state index contributed by atoms with van der Waals surface area (Å²) in [6, 6.07) is 13.1. The summed E-state index contributed by atoms with van der Waals surface area (Å²) in [6.07, 6.45) is 9.48. The van der Waals surface area contributed by atoms with Gasteiger partial charge in [0.05, 0.1) is 0 Å². The zero-order chi connectivity index (χ0) is 23.2. The molecular formula is C27H34FN3O2. The van der Waals surface area contributed by atoms with Gasteiger partial charge < -0.3 is 16.0 Å². The fourth-order valence-corrected chi connectivity index (χ4v) is 5.22. The largest absolute Gasteiger partial charge is 0.334 e. The second-order valence-electron chi connectivity index (χ2n) is 9.48. The summed E-state index contributed by atoms with van der Waals surface area (Å²) in [4.78, 5) is 28.2. The molecule has 2 amide bonds. The van der Waals surface area contributed by atoms with Gasteiger partial charge in [0.2, 0.25) is 5.91 Å². The van der Waals surface area contributed by atoms with E-state index in [0.717, 1.165) is 56.9 Å². The molecule has 2 saturated carbocycles. The van der Waals surface area contributed by atoms with Crippen molar-refractivity contribution >= 4 is 17.5 Å². The molecule has 0 heterocycles. The normalized spacial score (nSPS) is 21.4. The molecule has 0 bridgehead atoms. The number of anilines is 1. The van der Waals surface area contributed by atoms with E-state index in [4.69, 9.17) is 5.73 Å². The van der Waals surface area contributed by atoms with Gasteiger partial charge in [-0.15, -0.1) is 0 Å². The van der Waals surface area contributed by atoms with Crippen molar-refractivity contribution in [2.75, 3.05) is 5.32 Å². The Bertz CT molecular complexity index is 956. The molecule has 4 rings (SSSR count). The molecule has 2 aliphatic carbocycles. The first-order chi connectivity index (χ1) is 16.0. The van der Waals surface area contributed by atoms with Crippen LogP contribution in [0.2, 0.25) is 0 Å². The number of halogens is 1. The van der Waals surface area contributed by atoms with Crippen molar-refractivity contribution in [1.29, 1.82) is 0 Å². The molecule has 0 aliphatic heterocycles. The first-order valence-electron chi connectivity index (χ1n) is 12.2. The maximum Gasteiger partial charge on any atom is 0.255 e. The Hall–Kier alpha value is -2.73. The quantitative estimate of drug-likeness (QED) is 0.629. The summed E-state index contributed by atoms with van der Waals surface area (Å²) in [6.45, 7) is 0.494. The van der Waals surface area contributed by atoms with Gasteiger partial charge in [-0.05, 0) is 67.6 Å². The van der Waals surface area contributed by atoms with Crippen LogP contribution in [0.1, 0.15) is 73.7 Å². The van der Waals surface area contributed by atoms with Gasteiger partial charge in [0.15, 0.2) is 0 Å². The first-order valence-corrected chi connectivity index (χ1v) is 12.2. The zero-order valence-corrected chi connectivity index (χ0v) is 19.1. The molecule has 2 atom stereocenters. The van der Waals surface area contributed by atoms with Gasteiger partial charge in [0.25, 0.3) is 5.91 Å². The molecule has 2 unspecified atom stereocenters. The van der Waals surface area contributed by atoms with Crippen molar-refractivity contribution < 1.29 is 14.0 Å². The average molecular weight is 452 g/mol. The van der Waals surface area contributed by atoms with E-state index in [1.807, 2.05) is 29.2 Å². The predicted octanol–water partition coefficient (Wildman–Crippen LogP) is 5.26. The molecule has 3 N–H and O–H groups in total. The van der Waals surface area contributed by atoms with Gasteiger partial charge in [-0.25, -0.2) is 4.39 Å². The van der Waals surface area contributed by atoms with Gasteiger partial charge >= 0.3 is 0 Å². The number of carbonyl (C=O) groups is 2. The molecule has 0 saturated heterocycles. The van der Waals surface area contributed by atoms with Crippen LogP contribution in [-0.2, 0) is 11.3 Å². The van der Waals surface area contributed by atoms with E-state index < -0.39 is 0 Å². The lowest BCUT2D eigenvalue weighted by atomic mass is 9.85. The molecule has 2 aliphatic rings. The standard InChI is InChI=1S/C27H34FN3O2/c28-22-15-13-20(14-16-22)26(32)30-23-10-6-7-19(17-23)18-31(25-12-5-4-11-24(25)29)27(33)21-8-2-1-3-9-21/h6-7,10,13-17,21,24-25H,1-5,8-9,11-12,18,29H2,(H,30,32). The van der Waals surface area contributed by atoms with E-state index in [1.54, 1.807) is 0 Å². The molecule has 176 valence electrons. The number of nitrogens with two attached hydrogens (primary N) is 1. The fourth-order valence-electron chi connectivity index (χ4n) is 5.22. The molecule has 2 aromatic rings. The molecule has 0 radical (unpaired) electrons. The van der Waals surface area contributed by atoms with E-state index >= 15 is 0 Å². The lowest BCUT2D eigenvalue weighted by Gasteiger charge is -2.40. The summed E-state index contributed by atoms with van der Waals surface area (Å²) < 4.78 is 13.2. The van der Waals surface area contributed by atoms with Crippen molar-refractivity contribution in [3.05, 3.63) is 65.5 Å². The van der Waals surface area contributed by atoms with Gasteiger partial charge in [-0.1, -0.05) is 44.2 Å². The van der Waals surface area contributed by atoms with Crippen LogP contribution in [-0.4, -0.2) is 28.8 Å². The van der Waals surface area contributed by atoms with E-state index in [9.17, 15) is 14.0 Å². The Kier molecular flexibility index (Phi) is 7.76. The van der Waals surface area contributed by atoms with Gasteiger partial charge in [0.1, 0.15) is 5.82 Å².